The maximum absolute atomic E-state index is 6.30. The summed E-state index contributed by atoms with van der Waals surface area (Å²) in [6.45, 7) is 46.7. The first kappa shape index (κ1) is 58.6. The van der Waals surface area contributed by atoms with E-state index >= 15 is 0 Å². The first-order valence-corrected chi connectivity index (χ1v) is 22.9. The minimum atomic E-state index is 0. The lowest BCUT2D eigenvalue weighted by Crippen LogP contribution is -2.36. The van der Waals surface area contributed by atoms with Gasteiger partial charge in [-0.25, -0.2) is 0 Å². The van der Waals surface area contributed by atoms with Crippen molar-refractivity contribution < 1.29 is 14.2 Å². The summed E-state index contributed by atoms with van der Waals surface area (Å²) in [7, 11) is 0. The largest absolute Gasteiger partial charge is 0.380 e. The van der Waals surface area contributed by atoms with Crippen molar-refractivity contribution in [2.24, 2.45) is 32.5 Å². The molecular weight excluding hydrogens is 637 g/mol. The van der Waals surface area contributed by atoms with Crippen molar-refractivity contribution in [1.29, 1.82) is 0 Å². The molecule has 0 aliphatic rings. The third-order valence-electron chi connectivity index (χ3n) is 15.9. The van der Waals surface area contributed by atoms with Crippen LogP contribution in [-0.2, 0) is 14.2 Å². The van der Waals surface area contributed by atoms with Gasteiger partial charge in [-0.2, -0.15) is 0 Å². The van der Waals surface area contributed by atoms with Crippen LogP contribution in [-0.4, -0.2) is 39.6 Å². The number of hydrogen-bond acceptors (Lipinski definition) is 3. The molecule has 0 aromatic carbocycles. The van der Waals surface area contributed by atoms with Gasteiger partial charge in [-0.3, -0.25) is 0 Å². The van der Waals surface area contributed by atoms with E-state index in [-0.39, 0.29) is 12.8 Å². The fraction of sp³-hybridized carbons (Fsp3) is 1.00. The summed E-state index contributed by atoms with van der Waals surface area (Å²) >= 11 is 0. The maximum atomic E-state index is 6.30. The highest BCUT2D eigenvalue weighted by Crippen LogP contribution is 2.37. The Hall–Kier alpha value is -0.120. The van der Waals surface area contributed by atoms with Crippen LogP contribution in [0.4, 0.5) is 0 Å². The average molecular weight is 743 g/mol. The molecule has 0 fully saturated rings. The predicted molar refractivity (Wildman–Crippen MR) is 239 cm³/mol. The zero-order valence-electron chi connectivity index (χ0n) is 39.2. The van der Waals surface area contributed by atoms with Gasteiger partial charge >= 0.3 is 0 Å². The Labute approximate surface area is 333 Å². The molecule has 0 radical (unpaired) electrons. The number of hydrogen-bond donors (Lipinski definition) is 0. The molecule has 0 spiro atoms. The third kappa shape index (κ3) is 19.6. The Morgan fingerprint density at radius 1 is 0.192 bits per heavy atom. The SMILES string of the molecule is C.CCC(CC)(CC)CC.CCC(CC)(CC)COCC(CC)(CC)CC.CCC(CC)(CC)COCC(CC)(CC)COCC(CC)(CC)CC. The second-order valence-electron chi connectivity index (χ2n) is 16.8. The molecule has 320 valence electrons. The predicted octanol–water partition coefficient (Wildman–Crippen LogP) is 16.9. The van der Waals surface area contributed by atoms with Crippen LogP contribution >= 0.6 is 0 Å². The van der Waals surface area contributed by atoms with Gasteiger partial charge in [0.05, 0.1) is 39.6 Å². The van der Waals surface area contributed by atoms with Crippen LogP contribution in [0.15, 0.2) is 0 Å². The summed E-state index contributed by atoms with van der Waals surface area (Å²) < 4.78 is 18.7. The normalized spacial score (nSPS) is 12.8. The standard InChI is InChI=1S/C23H48O2.C16H34O.C9H20.CH4/c1-9-21(10-2,11-3)17-24-19-23(15-7,16-8)20-25-18-22(12-4,13-5)14-6;1-7-15(8-2,9-3)13-17-14-16(10-4,11-5)12-6;1-5-9(6-2,7-3)8-4;/h9-20H2,1-8H3;7-14H2,1-6H3;5-8H2,1-4H3;1H4. The molecule has 0 aliphatic carbocycles. The zero-order chi connectivity index (χ0) is 40.1. The molecule has 0 heterocycles. The lowest BCUT2D eigenvalue weighted by Gasteiger charge is -2.37. The van der Waals surface area contributed by atoms with E-state index in [1.54, 1.807) is 0 Å². The fourth-order valence-corrected chi connectivity index (χ4v) is 7.88. The molecule has 0 saturated heterocycles. The van der Waals surface area contributed by atoms with Crippen LogP contribution in [0.1, 0.15) is 248 Å². The van der Waals surface area contributed by atoms with Crippen molar-refractivity contribution in [3.63, 3.8) is 0 Å². The average Bonchev–Trinajstić information content (AvgIpc) is 3.20. The second-order valence-corrected chi connectivity index (χ2v) is 16.8. The molecule has 0 saturated carbocycles. The van der Waals surface area contributed by atoms with E-state index in [4.69, 9.17) is 14.2 Å². The van der Waals surface area contributed by atoms with E-state index in [0.29, 0.717) is 27.1 Å². The molecule has 0 aromatic rings. The molecule has 0 N–H and O–H groups in total. The molecule has 0 amide bonds. The van der Waals surface area contributed by atoms with Crippen molar-refractivity contribution in [3.05, 3.63) is 0 Å². The van der Waals surface area contributed by atoms with Crippen molar-refractivity contribution in [2.45, 2.75) is 248 Å². The van der Waals surface area contributed by atoms with E-state index in [2.05, 4.69) is 125 Å². The maximum Gasteiger partial charge on any atom is 0.0544 e. The summed E-state index contributed by atoms with van der Waals surface area (Å²) in [6.07, 6.45) is 22.2. The van der Waals surface area contributed by atoms with Gasteiger partial charge in [0.1, 0.15) is 0 Å². The van der Waals surface area contributed by atoms with Gasteiger partial charge in [-0.1, -0.05) is 158 Å². The van der Waals surface area contributed by atoms with Gasteiger partial charge in [0.25, 0.3) is 0 Å². The second kappa shape index (κ2) is 32.0. The Bertz CT molecular complexity index is 635. The van der Waals surface area contributed by atoms with Gasteiger partial charge in [-0.05, 0) is 117 Å². The van der Waals surface area contributed by atoms with Crippen LogP contribution in [0.2, 0.25) is 0 Å². The van der Waals surface area contributed by atoms with Gasteiger partial charge < -0.3 is 14.2 Å². The van der Waals surface area contributed by atoms with Crippen LogP contribution < -0.4 is 0 Å². The molecule has 0 atom stereocenters. The van der Waals surface area contributed by atoms with Crippen LogP contribution in [0.5, 0.6) is 0 Å². The summed E-state index contributed by atoms with van der Waals surface area (Å²) in [5.41, 5.74) is 2.38. The Morgan fingerprint density at radius 2 is 0.308 bits per heavy atom. The van der Waals surface area contributed by atoms with Gasteiger partial charge in [0.2, 0.25) is 0 Å². The Balaban J connectivity index is -0.000000368. The third-order valence-corrected chi connectivity index (χ3v) is 15.9. The Kier molecular flexibility index (Phi) is 36.1. The molecule has 0 bridgehead atoms. The van der Waals surface area contributed by atoms with E-state index < -0.39 is 0 Å². The van der Waals surface area contributed by atoms with Crippen molar-refractivity contribution in [1.82, 2.24) is 0 Å². The number of rotatable bonds is 30. The molecule has 52 heavy (non-hydrogen) atoms. The van der Waals surface area contributed by atoms with Crippen molar-refractivity contribution >= 4 is 0 Å². The molecule has 0 aromatic heterocycles. The topological polar surface area (TPSA) is 27.7 Å². The van der Waals surface area contributed by atoms with Gasteiger partial charge in [0.15, 0.2) is 0 Å². The number of ether oxygens (including phenoxy) is 3. The molecule has 0 aliphatic heterocycles. The van der Waals surface area contributed by atoms with E-state index in [1.807, 2.05) is 0 Å². The van der Waals surface area contributed by atoms with Crippen LogP contribution in [0, 0.1) is 32.5 Å². The fourth-order valence-electron chi connectivity index (χ4n) is 7.88. The molecular formula is C49H106O3. The molecule has 0 rings (SSSR count). The van der Waals surface area contributed by atoms with E-state index in [1.165, 1.54) is 103 Å². The van der Waals surface area contributed by atoms with Crippen molar-refractivity contribution in [2.75, 3.05) is 39.6 Å². The first-order chi connectivity index (χ1) is 24.2. The summed E-state index contributed by atoms with van der Waals surface area (Å²) in [6, 6.07) is 0. The highest BCUT2D eigenvalue weighted by atomic mass is 16.5. The smallest absolute Gasteiger partial charge is 0.0544 e. The van der Waals surface area contributed by atoms with Crippen molar-refractivity contribution in [3.8, 4) is 0 Å². The molecule has 3 heteroatoms. The molecule has 0 unspecified atom stereocenters. The van der Waals surface area contributed by atoms with Gasteiger partial charge in [0, 0.05) is 5.41 Å². The van der Waals surface area contributed by atoms with E-state index in [0.717, 1.165) is 52.5 Å². The lowest BCUT2D eigenvalue weighted by atomic mass is 9.78. The highest BCUT2D eigenvalue weighted by Gasteiger charge is 2.32. The molecule has 3 nitrogen and oxygen atoms in total. The van der Waals surface area contributed by atoms with Gasteiger partial charge in [-0.15, -0.1) is 0 Å². The lowest BCUT2D eigenvalue weighted by molar-refractivity contribution is -0.0693. The Morgan fingerprint density at radius 3 is 0.404 bits per heavy atom. The van der Waals surface area contributed by atoms with Crippen LogP contribution in [0.3, 0.4) is 0 Å². The summed E-state index contributed by atoms with van der Waals surface area (Å²) in [5, 5.41) is 0. The zero-order valence-corrected chi connectivity index (χ0v) is 39.2. The first-order valence-electron chi connectivity index (χ1n) is 22.9. The van der Waals surface area contributed by atoms with E-state index in [9.17, 15) is 0 Å². The quantitative estimate of drug-likeness (QED) is 0.0733. The summed E-state index contributed by atoms with van der Waals surface area (Å²) in [5.74, 6) is 0. The minimum absolute atomic E-state index is 0. The highest BCUT2D eigenvalue weighted by molar-refractivity contribution is 4.81. The summed E-state index contributed by atoms with van der Waals surface area (Å²) in [4.78, 5) is 0. The van der Waals surface area contributed by atoms with Crippen LogP contribution in [0.25, 0.3) is 0 Å². The monoisotopic (exact) mass is 743 g/mol. The minimum Gasteiger partial charge on any atom is -0.380 e.